The normalized spacial score (nSPS) is 14.5. The Hall–Kier alpha value is -7.94. The van der Waals surface area contributed by atoms with Crippen molar-refractivity contribution in [3.05, 3.63) is 264 Å². The van der Waals surface area contributed by atoms with Gasteiger partial charge in [-0.15, -0.1) is 0 Å². The van der Waals surface area contributed by atoms with E-state index in [0.29, 0.717) is 5.82 Å². The van der Waals surface area contributed by atoms with Gasteiger partial charge in [-0.25, -0.2) is 9.97 Å². The van der Waals surface area contributed by atoms with Crippen LogP contribution in [0.2, 0.25) is 0 Å². The lowest BCUT2D eigenvalue weighted by Crippen LogP contribution is -2.00. The van der Waals surface area contributed by atoms with E-state index in [0.717, 1.165) is 33.6 Å². The number of benzene rings is 9. The molecule has 0 saturated heterocycles. The predicted molar refractivity (Wildman–Crippen MR) is 255 cm³/mol. The van der Waals surface area contributed by atoms with Gasteiger partial charge in [-0.2, -0.15) is 0 Å². The molecule has 9 aromatic carbocycles. The highest BCUT2D eigenvalue weighted by Gasteiger charge is 2.32. The Morgan fingerprint density at radius 2 is 0.694 bits per heavy atom. The summed E-state index contributed by atoms with van der Waals surface area (Å²) in [5.74, 6) is 1.09. The van der Waals surface area contributed by atoms with Gasteiger partial charge < -0.3 is 0 Å². The zero-order valence-electron chi connectivity index (χ0n) is 34.0. The van der Waals surface area contributed by atoms with E-state index in [4.69, 9.17) is 9.97 Å². The van der Waals surface area contributed by atoms with Gasteiger partial charge in [-0.3, -0.25) is 0 Å². The van der Waals surface area contributed by atoms with Gasteiger partial charge in [0.15, 0.2) is 5.82 Å². The zero-order chi connectivity index (χ0) is 41.0. The molecule has 2 aliphatic carbocycles. The Morgan fingerprint density at radius 3 is 1.37 bits per heavy atom. The van der Waals surface area contributed by atoms with Crippen molar-refractivity contribution in [2.75, 3.05) is 0 Å². The van der Waals surface area contributed by atoms with Crippen LogP contribution in [0.4, 0.5) is 0 Å². The molecular formula is C60H40N2. The molecule has 0 amide bonds. The quantitative estimate of drug-likeness (QED) is 0.161. The molecule has 0 bridgehead atoms. The third-order valence-electron chi connectivity index (χ3n) is 12.9. The highest BCUT2D eigenvalue weighted by Crippen LogP contribution is 2.51. The first-order valence-corrected chi connectivity index (χ1v) is 21.5. The van der Waals surface area contributed by atoms with Crippen molar-refractivity contribution in [1.82, 2.24) is 9.97 Å². The fourth-order valence-electron chi connectivity index (χ4n) is 9.93. The summed E-state index contributed by atoms with van der Waals surface area (Å²) in [7, 11) is 0. The minimum atomic E-state index is 0.151. The van der Waals surface area contributed by atoms with Gasteiger partial charge >= 0.3 is 0 Å². The zero-order valence-corrected chi connectivity index (χ0v) is 34.0. The molecule has 2 heteroatoms. The predicted octanol–water partition coefficient (Wildman–Crippen LogP) is 15.1. The molecule has 0 N–H and O–H groups in total. The molecular weight excluding hydrogens is 749 g/mol. The number of aromatic nitrogens is 2. The maximum atomic E-state index is 5.12. The average Bonchev–Trinajstić information content (AvgIpc) is 3.87. The molecule has 0 fully saturated rings. The standard InChI is InChI=1S/C60H40N2/c1-4-15-40(16-5-1)56-38-57(41-17-6-2-7-18-41)62-60(61-56)47-22-14-21-44(35-47)46-32-34-53-54(36-46)49-24-11-13-26-52(49)58(53)43-29-27-39(28-30-43)45-31-33-50-48-23-10-12-25-51(48)59(55(50)37-45)42-19-8-3-9-20-42/h1-38,58-59H/t58-,59?/m1/s1. The summed E-state index contributed by atoms with van der Waals surface area (Å²) in [5, 5.41) is 0. The molecule has 1 unspecified atom stereocenters. The second kappa shape index (κ2) is 15.0. The topological polar surface area (TPSA) is 25.8 Å². The molecule has 10 aromatic rings. The van der Waals surface area contributed by atoms with Crippen LogP contribution in [0.5, 0.6) is 0 Å². The van der Waals surface area contributed by atoms with Crippen LogP contribution < -0.4 is 0 Å². The van der Waals surface area contributed by atoms with Crippen molar-refractivity contribution >= 4 is 0 Å². The second-order valence-corrected chi connectivity index (χ2v) is 16.5. The van der Waals surface area contributed by atoms with E-state index < -0.39 is 0 Å². The van der Waals surface area contributed by atoms with E-state index >= 15 is 0 Å². The third-order valence-corrected chi connectivity index (χ3v) is 12.9. The summed E-state index contributed by atoms with van der Waals surface area (Å²) in [4.78, 5) is 10.2. The molecule has 62 heavy (non-hydrogen) atoms. The minimum Gasteiger partial charge on any atom is -0.228 e. The minimum absolute atomic E-state index is 0.151. The Kier molecular flexibility index (Phi) is 8.67. The van der Waals surface area contributed by atoms with Crippen molar-refractivity contribution in [2.45, 2.75) is 11.8 Å². The lowest BCUT2D eigenvalue weighted by molar-refractivity contribution is 1.01. The number of hydrogen-bond acceptors (Lipinski definition) is 2. The largest absolute Gasteiger partial charge is 0.228 e. The van der Waals surface area contributed by atoms with Gasteiger partial charge in [-0.1, -0.05) is 206 Å². The van der Waals surface area contributed by atoms with E-state index in [1.54, 1.807) is 0 Å². The SMILES string of the molecule is c1ccc(-c2cc(-c3ccccc3)nc(-c3cccc(-c4ccc5c(c4)-c4ccccc4[C@H]5c4ccc(-c5ccc6c(c5)C(c5ccccc5)c5ccccc5-6)cc4)c3)n2)cc1. The molecule has 0 saturated carbocycles. The first-order chi connectivity index (χ1) is 30.7. The van der Waals surface area contributed by atoms with Crippen LogP contribution in [0, 0.1) is 0 Å². The third kappa shape index (κ3) is 6.19. The summed E-state index contributed by atoms with van der Waals surface area (Å²) in [6, 6.07) is 83.6. The second-order valence-electron chi connectivity index (χ2n) is 16.5. The van der Waals surface area contributed by atoms with Gasteiger partial charge in [0.1, 0.15) is 0 Å². The van der Waals surface area contributed by atoms with Crippen molar-refractivity contribution in [1.29, 1.82) is 0 Å². The van der Waals surface area contributed by atoms with Crippen molar-refractivity contribution in [3.63, 3.8) is 0 Å². The molecule has 0 aliphatic heterocycles. The van der Waals surface area contributed by atoms with Crippen LogP contribution in [0.15, 0.2) is 231 Å². The summed E-state index contributed by atoms with van der Waals surface area (Å²) in [5.41, 5.74) is 23.1. The first-order valence-electron chi connectivity index (χ1n) is 21.5. The van der Waals surface area contributed by atoms with E-state index in [9.17, 15) is 0 Å². The van der Waals surface area contributed by atoms with Gasteiger partial charge in [-0.05, 0) is 102 Å². The van der Waals surface area contributed by atoms with Crippen LogP contribution in [0.3, 0.4) is 0 Å². The molecule has 1 aromatic heterocycles. The highest BCUT2D eigenvalue weighted by atomic mass is 14.9. The van der Waals surface area contributed by atoms with E-state index in [-0.39, 0.29) is 11.8 Å². The molecule has 0 spiro atoms. The summed E-state index contributed by atoms with van der Waals surface area (Å²) in [6.07, 6.45) is 0. The lowest BCUT2D eigenvalue weighted by Gasteiger charge is -2.17. The number of hydrogen-bond donors (Lipinski definition) is 0. The summed E-state index contributed by atoms with van der Waals surface area (Å²) in [6.45, 7) is 0. The van der Waals surface area contributed by atoms with Gasteiger partial charge in [0, 0.05) is 28.5 Å². The molecule has 0 radical (unpaired) electrons. The Balaban J connectivity index is 0.881. The van der Waals surface area contributed by atoms with Crippen LogP contribution in [0.1, 0.15) is 45.2 Å². The monoisotopic (exact) mass is 788 g/mol. The van der Waals surface area contributed by atoms with Crippen molar-refractivity contribution < 1.29 is 0 Å². The molecule has 2 nitrogen and oxygen atoms in total. The van der Waals surface area contributed by atoms with Gasteiger partial charge in [0.2, 0.25) is 0 Å². The summed E-state index contributed by atoms with van der Waals surface area (Å²) >= 11 is 0. The van der Waals surface area contributed by atoms with E-state index in [1.165, 1.54) is 72.3 Å². The lowest BCUT2D eigenvalue weighted by atomic mass is 9.86. The van der Waals surface area contributed by atoms with Crippen LogP contribution in [-0.4, -0.2) is 9.97 Å². The maximum Gasteiger partial charge on any atom is 0.160 e. The number of fused-ring (bicyclic) bond motifs is 6. The highest BCUT2D eigenvalue weighted by molar-refractivity contribution is 5.87. The first kappa shape index (κ1) is 36.0. The molecule has 1 heterocycles. The smallest absolute Gasteiger partial charge is 0.160 e. The fraction of sp³-hybridized carbons (Fsp3) is 0.0333. The van der Waals surface area contributed by atoms with E-state index in [1.807, 2.05) is 12.1 Å². The summed E-state index contributed by atoms with van der Waals surface area (Å²) < 4.78 is 0. The van der Waals surface area contributed by atoms with Crippen LogP contribution in [-0.2, 0) is 0 Å². The Morgan fingerprint density at radius 1 is 0.242 bits per heavy atom. The fourth-order valence-corrected chi connectivity index (χ4v) is 9.93. The van der Waals surface area contributed by atoms with E-state index in [2.05, 4.69) is 218 Å². The Bertz CT molecular complexity index is 3220. The molecule has 2 aliphatic rings. The Labute approximate surface area is 362 Å². The van der Waals surface area contributed by atoms with Crippen molar-refractivity contribution in [3.8, 4) is 78.4 Å². The number of rotatable bonds is 7. The average molecular weight is 789 g/mol. The van der Waals surface area contributed by atoms with Crippen molar-refractivity contribution in [2.24, 2.45) is 0 Å². The van der Waals surface area contributed by atoms with Gasteiger partial charge in [0.25, 0.3) is 0 Å². The molecule has 2 atom stereocenters. The van der Waals surface area contributed by atoms with Gasteiger partial charge in [0.05, 0.1) is 11.4 Å². The van der Waals surface area contributed by atoms with Crippen LogP contribution in [0.25, 0.3) is 78.4 Å². The van der Waals surface area contributed by atoms with Crippen LogP contribution >= 0.6 is 0 Å². The number of nitrogens with zero attached hydrogens (tertiary/aromatic N) is 2. The molecule has 290 valence electrons. The molecule has 12 rings (SSSR count). The maximum absolute atomic E-state index is 5.12.